The lowest BCUT2D eigenvalue weighted by Crippen LogP contribution is -2.58. The van der Waals surface area contributed by atoms with Crippen molar-refractivity contribution in [2.45, 2.75) is 37.6 Å². The van der Waals surface area contributed by atoms with Gasteiger partial charge < -0.3 is 15.5 Å². The van der Waals surface area contributed by atoms with E-state index in [1.54, 1.807) is 47.6 Å². The number of anilines is 1. The molecule has 39 heavy (non-hydrogen) atoms. The molecule has 1 unspecified atom stereocenters. The average Bonchev–Trinajstić information content (AvgIpc) is 3.19. The Kier molecular flexibility index (Phi) is 9.16. The van der Waals surface area contributed by atoms with Gasteiger partial charge in [0.05, 0.1) is 17.0 Å². The minimum Gasteiger partial charge on any atom is -0.348 e. The van der Waals surface area contributed by atoms with Gasteiger partial charge in [0.15, 0.2) is 0 Å². The van der Waals surface area contributed by atoms with E-state index in [-0.39, 0.29) is 23.8 Å². The Balaban J connectivity index is 0.000000183. The number of halogens is 2. The predicted octanol–water partition coefficient (Wildman–Crippen LogP) is 4.17. The van der Waals surface area contributed by atoms with Crippen LogP contribution in [0.5, 0.6) is 0 Å². The molecule has 11 heteroatoms. The Bertz CT molecular complexity index is 1330. The topological polar surface area (TPSA) is 98.8 Å². The zero-order valence-electron chi connectivity index (χ0n) is 22.0. The van der Waals surface area contributed by atoms with Crippen LogP contribution < -0.4 is 10.6 Å². The van der Waals surface area contributed by atoms with Crippen LogP contribution in [0.4, 0.5) is 5.69 Å². The van der Waals surface area contributed by atoms with Crippen LogP contribution in [0.15, 0.2) is 54.6 Å². The number of hydrogen-bond acceptors (Lipinski definition) is 4. The minimum atomic E-state index is -0.954. The summed E-state index contributed by atoms with van der Waals surface area (Å²) in [5.41, 5.74) is 2.34. The van der Waals surface area contributed by atoms with Gasteiger partial charge in [0.1, 0.15) is 5.41 Å². The Labute approximate surface area is 241 Å². The zero-order valence-corrected chi connectivity index (χ0v) is 24.3. The van der Waals surface area contributed by atoms with Crippen LogP contribution in [0.25, 0.3) is 0 Å². The first-order chi connectivity index (χ1) is 18.6. The molecule has 0 bridgehead atoms. The lowest BCUT2D eigenvalue weighted by molar-refractivity contribution is -0.129. The zero-order chi connectivity index (χ0) is 28.3. The molecular formula is C28H32Cl2N4O4S. The summed E-state index contributed by atoms with van der Waals surface area (Å²) in [4.78, 5) is 38.5. The molecule has 0 aromatic heterocycles. The lowest BCUT2D eigenvalue weighted by atomic mass is 9.67. The van der Waals surface area contributed by atoms with Gasteiger partial charge in [0.2, 0.25) is 11.8 Å². The molecule has 1 spiro atoms. The van der Waals surface area contributed by atoms with Crippen LogP contribution >= 0.6 is 23.2 Å². The molecule has 0 radical (unpaired) electrons. The Morgan fingerprint density at radius 3 is 2.44 bits per heavy atom. The molecule has 208 valence electrons. The fourth-order valence-corrected chi connectivity index (χ4v) is 6.36. The summed E-state index contributed by atoms with van der Waals surface area (Å²) in [7, 11) is -0.954. The van der Waals surface area contributed by atoms with E-state index in [4.69, 9.17) is 23.2 Å². The van der Waals surface area contributed by atoms with Crippen molar-refractivity contribution in [3.05, 3.63) is 75.8 Å². The van der Waals surface area contributed by atoms with Crippen LogP contribution in [0, 0.1) is 0 Å². The number of carbonyl (C=O) groups excluding carboxylic acids is 3. The number of piperidine rings is 1. The number of nitrogens with one attached hydrogen (secondary N) is 2. The molecule has 0 saturated carbocycles. The van der Waals surface area contributed by atoms with Crippen molar-refractivity contribution in [3.8, 4) is 0 Å². The summed E-state index contributed by atoms with van der Waals surface area (Å²) in [5, 5.41) is 7.00. The molecule has 3 amide bonds. The number of piperazine rings is 1. The van der Waals surface area contributed by atoms with E-state index in [0.29, 0.717) is 61.1 Å². The molecule has 3 heterocycles. The average molecular weight is 592 g/mol. The van der Waals surface area contributed by atoms with Crippen LogP contribution in [-0.4, -0.2) is 69.6 Å². The summed E-state index contributed by atoms with van der Waals surface area (Å²) in [6, 6.07) is 12.0. The number of benzene rings is 2. The highest BCUT2D eigenvalue weighted by Crippen LogP contribution is 2.47. The first-order valence-electron chi connectivity index (χ1n) is 12.8. The third-order valence-corrected chi connectivity index (χ3v) is 9.05. The summed E-state index contributed by atoms with van der Waals surface area (Å²) in [6.07, 6.45) is 3.20. The second-order valence-electron chi connectivity index (χ2n) is 9.78. The fraction of sp³-hybridized carbons (Fsp3) is 0.393. The number of carbonyl (C=O) groups is 3. The molecule has 2 fully saturated rings. The van der Waals surface area contributed by atoms with E-state index in [1.165, 1.54) is 0 Å². The van der Waals surface area contributed by atoms with Gasteiger partial charge in [-0.05, 0) is 48.7 Å². The van der Waals surface area contributed by atoms with E-state index in [9.17, 15) is 18.6 Å². The van der Waals surface area contributed by atoms with Gasteiger partial charge in [-0.3, -0.25) is 14.4 Å². The Hall–Kier alpha value is -2.72. The first-order valence-corrected chi connectivity index (χ1v) is 15.1. The maximum absolute atomic E-state index is 12.7. The number of nitrogens with zero attached hydrogens (tertiary/aromatic N) is 2. The molecule has 3 atom stereocenters. The van der Waals surface area contributed by atoms with Crippen LogP contribution in [0.2, 0.25) is 10.0 Å². The van der Waals surface area contributed by atoms with Gasteiger partial charge in [-0.2, -0.15) is 0 Å². The number of hydrogen-bond donors (Lipinski definition) is 2. The van der Waals surface area contributed by atoms with Crippen LogP contribution in [-0.2, 0) is 26.0 Å². The highest BCUT2D eigenvalue weighted by atomic mass is 35.5. The van der Waals surface area contributed by atoms with Crippen molar-refractivity contribution in [1.82, 2.24) is 14.5 Å². The highest BCUT2D eigenvalue weighted by Gasteiger charge is 2.55. The van der Waals surface area contributed by atoms with Gasteiger partial charge in [-0.25, -0.2) is 8.51 Å². The second kappa shape index (κ2) is 12.2. The fourth-order valence-electron chi connectivity index (χ4n) is 5.32. The number of amides is 3. The van der Waals surface area contributed by atoms with E-state index in [2.05, 4.69) is 17.2 Å². The maximum atomic E-state index is 12.7. The van der Waals surface area contributed by atoms with Crippen LogP contribution in [0.1, 0.15) is 42.1 Å². The monoisotopic (exact) mass is 590 g/mol. The SMILES string of the molecule is C=C(CC)[C@H]1NC(=O)CC[C@]12C(=O)Nc1cc(Cl)ccc12.CS(=O)N1CCN(C(=O)c2cccc(Cl)c2)CC1. The molecule has 3 aliphatic heterocycles. The maximum Gasteiger partial charge on any atom is 0.253 e. The van der Waals surface area contributed by atoms with Crippen molar-refractivity contribution >= 4 is 57.6 Å². The van der Waals surface area contributed by atoms with Crippen molar-refractivity contribution in [2.75, 3.05) is 37.8 Å². The second-order valence-corrected chi connectivity index (χ2v) is 12.0. The van der Waals surface area contributed by atoms with Gasteiger partial charge in [0.25, 0.3) is 5.91 Å². The van der Waals surface area contributed by atoms with E-state index < -0.39 is 16.4 Å². The molecule has 2 aromatic rings. The van der Waals surface area contributed by atoms with Crippen molar-refractivity contribution < 1.29 is 18.6 Å². The van der Waals surface area contributed by atoms with Crippen molar-refractivity contribution in [1.29, 1.82) is 0 Å². The van der Waals surface area contributed by atoms with Crippen molar-refractivity contribution in [3.63, 3.8) is 0 Å². The van der Waals surface area contributed by atoms with Gasteiger partial charge >= 0.3 is 0 Å². The Morgan fingerprint density at radius 2 is 1.79 bits per heavy atom. The number of fused-ring (bicyclic) bond motifs is 2. The molecule has 2 N–H and O–H groups in total. The quantitative estimate of drug-likeness (QED) is 0.522. The summed E-state index contributed by atoms with van der Waals surface area (Å²) < 4.78 is 13.2. The smallest absolute Gasteiger partial charge is 0.253 e. The molecule has 5 rings (SSSR count). The van der Waals surface area contributed by atoms with Gasteiger partial charge in [-0.15, -0.1) is 0 Å². The molecule has 0 aliphatic carbocycles. The molecule has 8 nitrogen and oxygen atoms in total. The summed E-state index contributed by atoms with van der Waals surface area (Å²) in [6.45, 7) is 8.53. The van der Waals surface area contributed by atoms with E-state index in [0.717, 1.165) is 16.8 Å². The molecule has 2 aromatic carbocycles. The predicted molar refractivity (Wildman–Crippen MR) is 155 cm³/mol. The third-order valence-electron chi connectivity index (χ3n) is 7.48. The Morgan fingerprint density at radius 1 is 1.10 bits per heavy atom. The first kappa shape index (κ1) is 29.3. The molecular weight excluding hydrogens is 559 g/mol. The largest absolute Gasteiger partial charge is 0.348 e. The third kappa shape index (κ3) is 6.06. The van der Waals surface area contributed by atoms with E-state index >= 15 is 0 Å². The van der Waals surface area contributed by atoms with Crippen molar-refractivity contribution in [2.24, 2.45) is 0 Å². The minimum absolute atomic E-state index is 0.0148. The van der Waals surface area contributed by atoms with Gasteiger partial charge in [-0.1, -0.05) is 54.4 Å². The summed E-state index contributed by atoms with van der Waals surface area (Å²) >= 11 is 11.9. The van der Waals surface area contributed by atoms with Crippen LogP contribution in [0.3, 0.4) is 0 Å². The van der Waals surface area contributed by atoms with E-state index in [1.807, 2.05) is 17.3 Å². The van der Waals surface area contributed by atoms with Gasteiger partial charge in [0, 0.05) is 60.2 Å². The lowest BCUT2D eigenvalue weighted by Gasteiger charge is -2.41. The normalized spacial score (nSPS) is 23.3. The highest BCUT2D eigenvalue weighted by molar-refractivity contribution is 7.81. The standard InChI is InChI=1S/C16H17ClN2O2.C12H15ClN2O2S/c1-3-9(2)14-16(7-6-13(20)19-14)11-5-4-10(17)8-12(11)18-15(16)21;1-18(17)15-7-5-14(6-8-15)12(16)10-3-2-4-11(13)9-10/h4-5,8,14H,2-3,6-7H2,1H3,(H,18,21)(H,19,20);2-4,9H,5-8H2,1H3/t14-,16-;/m1./s1. The summed E-state index contributed by atoms with van der Waals surface area (Å²) in [5.74, 6) is -0.131. The number of rotatable bonds is 4. The molecule has 3 aliphatic rings. The molecule has 2 saturated heterocycles.